The first kappa shape index (κ1) is 20.6. The summed E-state index contributed by atoms with van der Waals surface area (Å²) in [5.74, 6) is 0.646. The molecule has 0 spiro atoms. The number of carbonyl (C=O) groups excluding carboxylic acids is 1. The Labute approximate surface area is 184 Å². The topological polar surface area (TPSA) is 70.6 Å². The van der Waals surface area contributed by atoms with Crippen molar-refractivity contribution in [3.63, 3.8) is 0 Å². The molecule has 1 saturated heterocycles. The molecule has 0 radical (unpaired) electrons. The lowest BCUT2D eigenvalue weighted by atomic mass is 10.2. The molecule has 3 aromatic rings. The van der Waals surface area contributed by atoms with E-state index in [0.29, 0.717) is 28.1 Å². The zero-order chi connectivity index (χ0) is 21.1. The van der Waals surface area contributed by atoms with Crippen molar-refractivity contribution in [3.8, 4) is 5.75 Å². The monoisotopic (exact) mass is 469 g/mol. The molecular formula is C22H24BrN5O2. The Morgan fingerprint density at radius 1 is 1.13 bits per heavy atom. The van der Waals surface area contributed by atoms with E-state index in [1.165, 1.54) is 5.69 Å². The van der Waals surface area contributed by atoms with E-state index in [-0.39, 0.29) is 5.97 Å². The van der Waals surface area contributed by atoms with Gasteiger partial charge in [0.05, 0.1) is 9.99 Å². The van der Waals surface area contributed by atoms with Gasteiger partial charge in [-0.1, -0.05) is 6.92 Å². The number of benzene rings is 2. The molecule has 30 heavy (non-hydrogen) atoms. The number of aromatic nitrogens is 2. The molecule has 156 valence electrons. The highest BCUT2D eigenvalue weighted by Gasteiger charge is 2.15. The van der Waals surface area contributed by atoms with Gasteiger partial charge in [0.15, 0.2) is 0 Å². The van der Waals surface area contributed by atoms with Crippen molar-refractivity contribution in [1.29, 1.82) is 0 Å². The van der Waals surface area contributed by atoms with E-state index in [9.17, 15) is 4.79 Å². The number of esters is 1. The van der Waals surface area contributed by atoms with Gasteiger partial charge in [0.2, 0.25) is 5.95 Å². The summed E-state index contributed by atoms with van der Waals surface area (Å²) in [6.07, 6.45) is 2.06. The standard InChI is InChI=1S/C22H24BrN5O2/c1-3-19(29)30-18-9-4-15-14-24-22(26-21(15)20(18)23)25-16-5-7-17(8-6-16)28-12-10-27(2)11-13-28/h4-9,14H,3,10-13H2,1-2H3,(H,24,25,26). The molecule has 7 nitrogen and oxygen atoms in total. The van der Waals surface area contributed by atoms with E-state index in [2.05, 4.69) is 60.2 Å². The minimum atomic E-state index is -0.289. The second-order valence-electron chi connectivity index (χ2n) is 7.30. The highest BCUT2D eigenvalue weighted by atomic mass is 79.9. The zero-order valence-electron chi connectivity index (χ0n) is 17.1. The minimum Gasteiger partial charge on any atom is -0.425 e. The molecule has 4 rings (SSSR count). The number of nitrogens with zero attached hydrogens (tertiary/aromatic N) is 4. The molecule has 0 atom stereocenters. The van der Waals surface area contributed by atoms with E-state index < -0.39 is 0 Å². The van der Waals surface area contributed by atoms with Crippen molar-refractivity contribution < 1.29 is 9.53 Å². The number of likely N-dealkylation sites (N-methyl/N-ethyl adjacent to an activating group) is 1. The van der Waals surface area contributed by atoms with Gasteiger partial charge in [-0.15, -0.1) is 0 Å². The average molecular weight is 470 g/mol. The molecule has 0 unspecified atom stereocenters. The Hall–Kier alpha value is -2.71. The first-order valence-corrected chi connectivity index (χ1v) is 10.8. The second kappa shape index (κ2) is 8.97. The Morgan fingerprint density at radius 3 is 2.57 bits per heavy atom. The van der Waals surface area contributed by atoms with E-state index in [1.807, 2.05) is 18.2 Å². The molecule has 1 aliphatic rings. The fourth-order valence-electron chi connectivity index (χ4n) is 3.33. The predicted molar refractivity (Wildman–Crippen MR) is 123 cm³/mol. The fraction of sp³-hybridized carbons (Fsp3) is 0.318. The summed E-state index contributed by atoms with van der Waals surface area (Å²) in [5.41, 5.74) is 2.82. The Balaban J connectivity index is 1.52. The molecule has 2 aromatic carbocycles. The lowest BCUT2D eigenvalue weighted by Gasteiger charge is -2.34. The normalized spacial score (nSPS) is 14.7. The number of hydrogen-bond acceptors (Lipinski definition) is 7. The maximum Gasteiger partial charge on any atom is 0.310 e. The van der Waals surface area contributed by atoms with Crippen molar-refractivity contribution in [3.05, 3.63) is 47.1 Å². The van der Waals surface area contributed by atoms with Crippen molar-refractivity contribution in [2.75, 3.05) is 43.4 Å². The van der Waals surface area contributed by atoms with Crippen LogP contribution in [0.25, 0.3) is 10.9 Å². The third-order valence-electron chi connectivity index (χ3n) is 5.16. The SMILES string of the molecule is CCC(=O)Oc1ccc2cnc(Nc3ccc(N4CCN(C)CC4)cc3)nc2c1Br. The van der Waals surface area contributed by atoms with Crippen LogP contribution < -0.4 is 15.0 Å². The molecule has 1 N–H and O–H groups in total. The van der Waals surface area contributed by atoms with Gasteiger partial charge < -0.3 is 19.9 Å². The molecule has 0 saturated carbocycles. The van der Waals surface area contributed by atoms with Crippen molar-refractivity contribution in [1.82, 2.24) is 14.9 Å². The van der Waals surface area contributed by atoms with Gasteiger partial charge in [-0.25, -0.2) is 9.97 Å². The lowest BCUT2D eigenvalue weighted by Crippen LogP contribution is -2.44. The van der Waals surface area contributed by atoms with Gasteiger partial charge in [0.1, 0.15) is 5.75 Å². The van der Waals surface area contributed by atoms with Gasteiger partial charge in [0.25, 0.3) is 0 Å². The second-order valence-corrected chi connectivity index (χ2v) is 8.09. The fourth-order valence-corrected chi connectivity index (χ4v) is 3.86. The van der Waals surface area contributed by atoms with Gasteiger partial charge >= 0.3 is 5.97 Å². The maximum atomic E-state index is 11.6. The summed E-state index contributed by atoms with van der Waals surface area (Å²) in [6.45, 7) is 5.99. The molecule has 8 heteroatoms. The third-order valence-corrected chi connectivity index (χ3v) is 5.93. The van der Waals surface area contributed by atoms with Crippen molar-refractivity contribution in [2.24, 2.45) is 0 Å². The van der Waals surface area contributed by atoms with Gasteiger partial charge in [-0.2, -0.15) is 0 Å². The van der Waals surface area contributed by atoms with Gasteiger partial charge in [0, 0.05) is 55.6 Å². The molecular weight excluding hydrogens is 446 g/mol. The Morgan fingerprint density at radius 2 is 1.87 bits per heavy atom. The number of halogens is 1. The first-order chi connectivity index (χ1) is 14.5. The number of anilines is 3. The number of nitrogens with one attached hydrogen (secondary N) is 1. The summed E-state index contributed by atoms with van der Waals surface area (Å²) < 4.78 is 6.00. The number of carbonyl (C=O) groups is 1. The molecule has 1 aromatic heterocycles. The molecule has 0 bridgehead atoms. The number of rotatable bonds is 5. The Bertz CT molecular complexity index is 1050. The largest absolute Gasteiger partial charge is 0.425 e. The Kier molecular flexibility index (Phi) is 6.15. The van der Waals surface area contributed by atoms with Crippen LogP contribution in [0.4, 0.5) is 17.3 Å². The molecule has 1 aliphatic heterocycles. The molecule has 2 heterocycles. The summed E-state index contributed by atoms with van der Waals surface area (Å²) in [7, 11) is 2.16. The smallest absolute Gasteiger partial charge is 0.310 e. The van der Waals surface area contributed by atoms with Crippen LogP contribution in [0, 0.1) is 0 Å². The van der Waals surface area contributed by atoms with Crippen LogP contribution in [0.5, 0.6) is 5.75 Å². The van der Waals surface area contributed by atoms with Gasteiger partial charge in [-0.05, 0) is 59.4 Å². The first-order valence-electron chi connectivity index (χ1n) is 10.00. The maximum absolute atomic E-state index is 11.6. The van der Waals surface area contributed by atoms with Crippen LogP contribution in [0.15, 0.2) is 47.1 Å². The average Bonchev–Trinajstić information content (AvgIpc) is 2.77. The number of ether oxygens (including phenoxy) is 1. The lowest BCUT2D eigenvalue weighted by molar-refractivity contribution is -0.134. The van der Waals surface area contributed by atoms with E-state index >= 15 is 0 Å². The van der Waals surface area contributed by atoms with Crippen LogP contribution in [-0.4, -0.2) is 54.1 Å². The van der Waals surface area contributed by atoms with Crippen LogP contribution in [-0.2, 0) is 4.79 Å². The highest BCUT2D eigenvalue weighted by Crippen LogP contribution is 2.33. The van der Waals surface area contributed by atoms with Crippen LogP contribution in [0.2, 0.25) is 0 Å². The highest BCUT2D eigenvalue weighted by molar-refractivity contribution is 9.10. The molecule has 0 aliphatic carbocycles. The zero-order valence-corrected chi connectivity index (χ0v) is 18.6. The third kappa shape index (κ3) is 4.55. The summed E-state index contributed by atoms with van der Waals surface area (Å²) in [5, 5.41) is 4.11. The summed E-state index contributed by atoms with van der Waals surface area (Å²) >= 11 is 3.51. The van der Waals surface area contributed by atoms with Crippen molar-refractivity contribution in [2.45, 2.75) is 13.3 Å². The number of piperazine rings is 1. The summed E-state index contributed by atoms with van der Waals surface area (Å²) in [4.78, 5) is 25.4. The van der Waals surface area contributed by atoms with E-state index in [4.69, 9.17) is 4.74 Å². The van der Waals surface area contributed by atoms with Crippen LogP contribution in [0.1, 0.15) is 13.3 Å². The molecule has 0 amide bonds. The van der Waals surface area contributed by atoms with Gasteiger partial charge in [-0.3, -0.25) is 4.79 Å². The predicted octanol–water partition coefficient (Wildman–Crippen LogP) is 4.20. The summed E-state index contributed by atoms with van der Waals surface area (Å²) in [6, 6.07) is 11.9. The number of fused-ring (bicyclic) bond motifs is 1. The minimum absolute atomic E-state index is 0.289. The van der Waals surface area contributed by atoms with Crippen LogP contribution in [0.3, 0.4) is 0 Å². The van der Waals surface area contributed by atoms with Crippen molar-refractivity contribution >= 4 is 50.1 Å². The quantitative estimate of drug-likeness (QED) is 0.443. The molecule has 1 fully saturated rings. The number of hydrogen-bond donors (Lipinski definition) is 1. The van der Waals surface area contributed by atoms with E-state index in [1.54, 1.807) is 19.2 Å². The van der Waals surface area contributed by atoms with Crippen LogP contribution >= 0.6 is 15.9 Å². The van der Waals surface area contributed by atoms with E-state index in [0.717, 1.165) is 37.3 Å².